The van der Waals surface area contributed by atoms with Gasteiger partial charge in [-0.2, -0.15) is 0 Å². The van der Waals surface area contributed by atoms with Crippen molar-refractivity contribution in [2.75, 3.05) is 12.4 Å². The number of carbonyl (C=O) groups excluding carboxylic acids is 2. The van der Waals surface area contributed by atoms with Crippen LogP contribution in [0.2, 0.25) is 0 Å². The van der Waals surface area contributed by atoms with Crippen LogP contribution in [0.3, 0.4) is 0 Å². The molecule has 2 atom stereocenters. The molecule has 0 aliphatic carbocycles. The number of benzene rings is 3. The van der Waals surface area contributed by atoms with Crippen LogP contribution in [0, 0.1) is 5.82 Å². The first-order valence-corrected chi connectivity index (χ1v) is 16.3. The minimum absolute atomic E-state index is 0.0543. The molecule has 0 bridgehead atoms. The number of nitrogens with one attached hydrogen (secondary N) is 1. The summed E-state index contributed by atoms with van der Waals surface area (Å²) in [5.74, 6) is -1.27. The molecule has 0 saturated heterocycles. The van der Waals surface area contributed by atoms with Gasteiger partial charge in [0.2, 0.25) is 0 Å². The highest BCUT2D eigenvalue weighted by Gasteiger charge is 2.30. The van der Waals surface area contributed by atoms with Crippen molar-refractivity contribution in [3.63, 3.8) is 0 Å². The number of rotatable bonds is 17. The van der Waals surface area contributed by atoms with E-state index in [0.29, 0.717) is 37.1 Å². The molecular weight excluding hydrogens is 621 g/mol. The standard InChI is InChI=1S/C40H44FN3O5/c1-6-28(26-42-4)40(47)49-33(25-34(45)48-5)19-13-14-24-44-37(27(2)3)36(39(46)43-32-17-11-8-12-18-32)35(29-15-9-7-10-16-29)38(44)30-20-22-31(41)23-21-30/h6-12,15-18,20-23,26-27,33-34,45H,1,4,13-14,19,24-25H2,2-3,5H3,(H,43,46)/b28-26+/t33-,34?/m1/s1. The van der Waals surface area contributed by atoms with Gasteiger partial charge in [0.25, 0.3) is 5.91 Å². The van der Waals surface area contributed by atoms with Crippen molar-refractivity contribution in [1.29, 1.82) is 0 Å². The van der Waals surface area contributed by atoms with E-state index in [2.05, 4.69) is 42.0 Å². The summed E-state index contributed by atoms with van der Waals surface area (Å²) in [6, 6.07) is 25.4. The van der Waals surface area contributed by atoms with E-state index in [1.165, 1.54) is 31.5 Å². The summed E-state index contributed by atoms with van der Waals surface area (Å²) < 4.78 is 27.1. The number of aliphatic imine (C=N–C) groups is 1. The maximum Gasteiger partial charge on any atom is 0.339 e. The number of halogens is 1. The largest absolute Gasteiger partial charge is 0.459 e. The number of aromatic nitrogens is 1. The molecule has 4 aromatic rings. The minimum atomic E-state index is -1.12. The summed E-state index contributed by atoms with van der Waals surface area (Å²) in [5.41, 5.74) is 5.44. The van der Waals surface area contributed by atoms with E-state index >= 15 is 0 Å². The number of methoxy groups -OCH3 is 1. The number of hydrogen-bond donors (Lipinski definition) is 2. The molecule has 1 unspecified atom stereocenters. The van der Waals surface area contributed by atoms with Gasteiger partial charge >= 0.3 is 5.97 Å². The molecule has 8 nitrogen and oxygen atoms in total. The second-order valence-electron chi connectivity index (χ2n) is 11.9. The molecule has 49 heavy (non-hydrogen) atoms. The third kappa shape index (κ3) is 9.49. The van der Waals surface area contributed by atoms with E-state index in [9.17, 15) is 19.1 Å². The predicted molar refractivity (Wildman–Crippen MR) is 193 cm³/mol. The summed E-state index contributed by atoms with van der Waals surface area (Å²) in [6.45, 7) is 11.6. The number of unbranched alkanes of at least 4 members (excludes halogenated alkanes) is 1. The van der Waals surface area contributed by atoms with Crippen LogP contribution in [-0.2, 0) is 20.8 Å². The van der Waals surface area contributed by atoms with Gasteiger partial charge in [-0.3, -0.25) is 9.79 Å². The second-order valence-corrected chi connectivity index (χ2v) is 11.9. The fourth-order valence-electron chi connectivity index (χ4n) is 5.90. The van der Waals surface area contributed by atoms with Gasteiger partial charge in [0, 0.05) is 43.2 Å². The smallest absolute Gasteiger partial charge is 0.339 e. The Kier molecular flexibility index (Phi) is 13.4. The molecule has 4 rings (SSSR count). The van der Waals surface area contributed by atoms with Crippen molar-refractivity contribution in [2.24, 2.45) is 4.99 Å². The van der Waals surface area contributed by atoms with Gasteiger partial charge in [-0.1, -0.05) is 75.0 Å². The lowest BCUT2D eigenvalue weighted by Crippen LogP contribution is -2.25. The maximum absolute atomic E-state index is 14.3. The SMILES string of the molecule is C=C/C(=C\N=C)C(=O)O[C@H](CCCCn1c(-c2ccc(F)cc2)c(-c2ccccc2)c(C(=O)Nc2ccccc2)c1C(C)C)CC(O)OC. The summed E-state index contributed by atoms with van der Waals surface area (Å²) in [6.07, 6.45) is 2.63. The van der Waals surface area contributed by atoms with Gasteiger partial charge in [-0.05, 0) is 79.4 Å². The van der Waals surface area contributed by atoms with Crippen LogP contribution in [0.5, 0.6) is 0 Å². The highest BCUT2D eigenvalue weighted by molar-refractivity contribution is 6.12. The number of hydrogen-bond acceptors (Lipinski definition) is 6. The molecule has 0 fully saturated rings. The number of aliphatic hydroxyl groups excluding tert-OH is 1. The first kappa shape index (κ1) is 36.7. The Morgan fingerprint density at radius 2 is 1.63 bits per heavy atom. The summed E-state index contributed by atoms with van der Waals surface area (Å²) in [5, 5.41) is 13.3. The van der Waals surface area contributed by atoms with Crippen LogP contribution < -0.4 is 5.32 Å². The third-order valence-corrected chi connectivity index (χ3v) is 8.14. The predicted octanol–water partition coefficient (Wildman–Crippen LogP) is 8.54. The average Bonchev–Trinajstić information content (AvgIpc) is 3.45. The molecule has 3 aromatic carbocycles. The molecule has 1 heterocycles. The summed E-state index contributed by atoms with van der Waals surface area (Å²) in [7, 11) is 1.38. The van der Waals surface area contributed by atoms with Crippen molar-refractivity contribution in [1.82, 2.24) is 4.57 Å². The van der Waals surface area contributed by atoms with Gasteiger partial charge in [-0.25, -0.2) is 9.18 Å². The zero-order chi connectivity index (χ0) is 35.3. The van der Waals surface area contributed by atoms with Crippen LogP contribution >= 0.6 is 0 Å². The molecule has 9 heteroatoms. The average molecular weight is 666 g/mol. The fraction of sp³-hybridized carbons (Fsp3) is 0.275. The van der Waals surface area contributed by atoms with E-state index in [-0.39, 0.29) is 29.6 Å². The van der Waals surface area contributed by atoms with Gasteiger partial charge in [0.15, 0.2) is 6.29 Å². The van der Waals surface area contributed by atoms with Crippen molar-refractivity contribution in [3.05, 3.63) is 126 Å². The molecule has 0 saturated carbocycles. The molecule has 0 aliphatic heterocycles. The lowest BCUT2D eigenvalue weighted by atomic mass is 9.94. The minimum Gasteiger partial charge on any atom is -0.459 e. The maximum atomic E-state index is 14.3. The third-order valence-electron chi connectivity index (χ3n) is 8.14. The number of esters is 1. The Morgan fingerprint density at radius 3 is 2.22 bits per heavy atom. The van der Waals surface area contributed by atoms with Crippen molar-refractivity contribution >= 4 is 24.3 Å². The second kappa shape index (κ2) is 17.9. The van der Waals surface area contributed by atoms with Crippen molar-refractivity contribution in [3.8, 4) is 22.4 Å². The topological polar surface area (TPSA) is 102 Å². The molecule has 2 N–H and O–H groups in total. The van der Waals surface area contributed by atoms with Gasteiger partial charge in [0.1, 0.15) is 11.9 Å². The van der Waals surface area contributed by atoms with Gasteiger partial charge < -0.3 is 24.5 Å². The molecule has 256 valence electrons. The van der Waals surface area contributed by atoms with Crippen LogP contribution in [0.25, 0.3) is 22.4 Å². The molecule has 0 radical (unpaired) electrons. The zero-order valence-electron chi connectivity index (χ0n) is 28.3. The number of anilines is 1. The Balaban J connectivity index is 1.76. The molecule has 1 aromatic heterocycles. The Labute approximate surface area is 287 Å². The molecule has 0 aliphatic rings. The van der Waals surface area contributed by atoms with Crippen LogP contribution in [0.4, 0.5) is 10.1 Å². The van der Waals surface area contributed by atoms with E-state index in [1.54, 1.807) is 12.1 Å². The molecule has 0 spiro atoms. The lowest BCUT2D eigenvalue weighted by Gasteiger charge is -2.21. The van der Waals surface area contributed by atoms with Crippen LogP contribution in [-0.4, -0.2) is 47.8 Å². The van der Waals surface area contributed by atoms with Gasteiger partial charge in [-0.15, -0.1) is 0 Å². The highest BCUT2D eigenvalue weighted by atomic mass is 19.1. The fourth-order valence-corrected chi connectivity index (χ4v) is 5.90. The Hall–Kier alpha value is -5.12. The number of para-hydroxylation sites is 1. The quantitative estimate of drug-likeness (QED) is 0.0294. The van der Waals surface area contributed by atoms with E-state index in [1.807, 2.05) is 60.7 Å². The van der Waals surface area contributed by atoms with Crippen LogP contribution in [0.1, 0.15) is 61.5 Å². The van der Waals surface area contributed by atoms with E-state index < -0.39 is 18.4 Å². The van der Waals surface area contributed by atoms with E-state index in [0.717, 1.165) is 28.1 Å². The van der Waals surface area contributed by atoms with Gasteiger partial charge in [0.05, 0.1) is 16.8 Å². The Morgan fingerprint density at radius 1 is 0.980 bits per heavy atom. The summed E-state index contributed by atoms with van der Waals surface area (Å²) in [4.78, 5) is 30.7. The number of carbonyl (C=O) groups is 2. The Bertz CT molecular complexity index is 1750. The highest BCUT2D eigenvalue weighted by Crippen LogP contribution is 2.42. The number of aliphatic hydroxyl groups is 1. The van der Waals surface area contributed by atoms with Crippen molar-refractivity contribution in [2.45, 2.75) is 64.4 Å². The molecule has 1 amide bonds. The first-order chi connectivity index (χ1) is 23.7. The number of nitrogens with zero attached hydrogens (tertiary/aromatic N) is 2. The van der Waals surface area contributed by atoms with Crippen LogP contribution in [0.15, 0.2) is 114 Å². The van der Waals surface area contributed by atoms with Crippen molar-refractivity contribution < 1.29 is 28.6 Å². The van der Waals surface area contributed by atoms with E-state index in [4.69, 9.17) is 9.47 Å². The normalized spacial score (nSPS) is 12.7. The summed E-state index contributed by atoms with van der Waals surface area (Å²) >= 11 is 0. The first-order valence-electron chi connectivity index (χ1n) is 16.3. The number of amides is 1. The number of ether oxygens (including phenoxy) is 2. The zero-order valence-corrected chi connectivity index (χ0v) is 28.3. The monoisotopic (exact) mass is 665 g/mol. The lowest BCUT2D eigenvalue weighted by molar-refractivity contribution is -0.151. The molecular formula is C40H44FN3O5.